The first-order valence-electron chi connectivity index (χ1n) is 11.0. The van der Waals surface area contributed by atoms with Crippen LogP contribution in [0.3, 0.4) is 0 Å². The summed E-state index contributed by atoms with van der Waals surface area (Å²) in [5.41, 5.74) is 7.77. The van der Waals surface area contributed by atoms with Crippen LogP contribution in [0.5, 0.6) is 0 Å². The van der Waals surface area contributed by atoms with E-state index >= 15 is 0 Å². The van der Waals surface area contributed by atoms with Crippen LogP contribution in [-0.4, -0.2) is 19.6 Å². The normalized spacial score (nSPS) is 18.0. The van der Waals surface area contributed by atoms with Gasteiger partial charge in [0.15, 0.2) is 0 Å². The maximum absolute atomic E-state index is 9.23. The Balaban J connectivity index is 1.36. The zero-order valence-corrected chi connectivity index (χ0v) is 17.5. The van der Waals surface area contributed by atoms with Crippen LogP contribution < -0.4 is 5.32 Å². The molecule has 0 spiro atoms. The minimum Gasteiger partial charge on any atom is -0.378 e. The van der Waals surface area contributed by atoms with Crippen LogP contribution >= 0.6 is 0 Å². The fraction of sp³-hybridized carbons (Fsp3) is 0.320. The van der Waals surface area contributed by atoms with Gasteiger partial charge in [0.1, 0.15) is 5.69 Å². The molecule has 2 aliphatic rings. The van der Waals surface area contributed by atoms with Crippen molar-refractivity contribution in [1.29, 1.82) is 5.26 Å². The number of anilines is 1. The van der Waals surface area contributed by atoms with Crippen LogP contribution in [0.4, 0.5) is 5.69 Å². The minimum atomic E-state index is 0.252. The maximum Gasteiger partial charge on any atom is 0.103 e. The first kappa shape index (κ1) is 18.2. The molecule has 2 aromatic carbocycles. The molecule has 0 aliphatic heterocycles. The first-order valence-corrected chi connectivity index (χ1v) is 11.0. The standard InChI is InChI=1S/C25H24N6/c1-16-9-19-13-28-31(21-14-27-30(15-21)20-6-7-20)25(19)11-24(16)29-23-4-2-3-18-10-17(12-26)5-8-22(18)23/h5,8-11,13-15,20,23,29H,2-4,6-7H2,1H3/t23-/m1/s1. The molecule has 1 atom stereocenters. The molecule has 2 aliphatic carbocycles. The van der Waals surface area contributed by atoms with Crippen LogP contribution in [0.1, 0.15) is 60.0 Å². The summed E-state index contributed by atoms with van der Waals surface area (Å²) in [4.78, 5) is 0. The van der Waals surface area contributed by atoms with E-state index in [2.05, 4.69) is 57.6 Å². The number of nitriles is 1. The second kappa shape index (κ2) is 6.98. The number of aromatic nitrogens is 4. The summed E-state index contributed by atoms with van der Waals surface area (Å²) in [5, 5.41) is 23.3. The molecule has 2 heterocycles. The number of aryl methyl sites for hydroxylation is 2. The molecule has 4 aromatic rings. The molecule has 0 radical (unpaired) electrons. The number of nitrogens with zero attached hydrogens (tertiary/aromatic N) is 5. The van der Waals surface area contributed by atoms with E-state index in [1.54, 1.807) is 0 Å². The molecule has 1 fully saturated rings. The number of rotatable bonds is 4. The Hall–Kier alpha value is -3.59. The Morgan fingerprint density at radius 1 is 1.10 bits per heavy atom. The summed E-state index contributed by atoms with van der Waals surface area (Å²) in [6.45, 7) is 2.15. The van der Waals surface area contributed by atoms with Crippen molar-refractivity contribution in [2.75, 3.05) is 5.32 Å². The van der Waals surface area contributed by atoms with E-state index in [1.807, 2.05) is 29.2 Å². The Bertz CT molecular complexity index is 1330. The summed E-state index contributed by atoms with van der Waals surface area (Å²) in [7, 11) is 0. The van der Waals surface area contributed by atoms with E-state index in [1.165, 1.54) is 29.5 Å². The van der Waals surface area contributed by atoms with Gasteiger partial charge in [-0.25, -0.2) is 4.68 Å². The minimum absolute atomic E-state index is 0.252. The molecular weight excluding hydrogens is 384 g/mol. The van der Waals surface area contributed by atoms with Gasteiger partial charge in [-0.2, -0.15) is 15.5 Å². The zero-order chi connectivity index (χ0) is 20.9. The van der Waals surface area contributed by atoms with Gasteiger partial charge in [0.2, 0.25) is 0 Å². The van der Waals surface area contributed by atoms with Crippen LogP contribution in [0, 0.1) is 18.3 Å². The molecule has 0 saturated heterocycles. The number of benzene rings is 2. The molecular formula is C25H24N6. The molecule has 154 valence electrons. The van der Waals surface area contributed by atoms with E-state index in [0.29, 0.717) is 6.04 Å². The highest BCUT2D eigenvalue weighted by atomic mass is 15.3. The molecule has 0 amide bonds. The molecule has 2 aromatic heterocycles. The van der Waals surface area contributed by atoms with Gasteiger partial charge in [-0.15, -0.1) is 0 Å². The molecule has 31 heavy (non-hydrogen) atoms. The third-order valence-electron chi connectivity index (χ3n) is 6.58. The maximum atomic E-state index is 9.23. The largest absolute Gasteiger partial charge is 0.378 e. The first-order chi connectivity index (χ1) is 15.2. The molecule has 1 N–H and O–H groups in total. The van der Waals surface area contributed by atoms with Crippen molar-refractivity contribution in [3.05, 3.63) is 71.2 Å². The van der Waals surface area contributed by atoms with Crippen LogP contribution in [0.15, 0.2) is 48.9 Å². The molecule has 6 nitrogen and oxygen atoms in total. The second-order valence-electron chi connectivity index (χ2n) is 8.81. The van der Waals surface area contributed by atoms with Gasteiger partial charge in [0.05, 0.1) is 47.8 Å². The quantitative estimate of drug-likeness (QED) is 0.502. The van der Waals surface area contributed by atoms with Crippen molar-refractivity contribution in [3.8, 4) is 11.8 Å². The van der Waals surface area contributed by atoms with Crippen LogP contribution in [-0.2, 0) is 6.42 Å². The van der Waals surface area contributed by atoms with Crippen molar-refractivity contribution in [2.24, 2.45) is 0 Å². The van der Waals surface area contributed by atoms with Crippen molar-refractivity contribution >= 4 is 16.6 Å². The summed E-state index contributed by atoms with van der Waals surface area (Å²) in [6, 6.07) is 13.6. The third kappa shape index (κ3) is 3.17. The van der Waals surface area contributed by atoms with E-state index in [-0.39, 0.29) is 6.04 Å². The van der Waals surface area contributed by atoms with Gasteiger partial charge in [-0.3, -0.25) is 4.68 Å². The second-order valence-corrected chi connectivity index (χ2v) is 8.81. The molecule has 6 heteroatoms. The van der Waals surface area contributed by atoms with Crippen molar-refractivity contribution in [3.63, 3.8) is 0 Å². The number of nitrogens with one attached hydrogen (secondary N) is 1. The van der Waals surface area contributed by atoms with Crippen LogP contribution in [0.25, 0.3) is 16.6 Å². The van der Waals surface area contributed by atoms with Crippen LogP contribution in [0.2, 0.25) is 0 Å². The lowest BCUT2D eigenvalue weighted by atomic mass is 9.86. The van der Waals surface area contributed by atoms with Gasteiger partial charge < -0.3 is 5.32 Å². The van der Waals surface area contributed by atoms with Crippen molar-refractivity contribution < 1.29 is 0 Å². The summed E-state index contributed by atoms with van der Waals surface area (Å²) in [6.07, 6.45) is 11.6. The van der Waals surface area contributed by atoms with Gasteiger partial charge in [0.25, 0.3) is 0 Å². The average Bonchev–Trinajstić information content (AvgIpc) is 3.39. The smallest absolute Gasteiger partial charge is 0.103 e. The monoisotopic (exact) mass is 408 g/mol. The lowest BCUT2D eigenvalue weighted by molar-refractivity contribution is 0.600. The van der Waals surface area contributed by atoms with E-state index < -0.39 is 0 Å². The predicted octanol–water partition coefficient (Wildman–Crippen LogP) is 5.23. The van der Waals surface area contributed by atoms with E-state index in [0.717, 1.165) is 47.1 Å². The lowest BCUT2D eigenvalue weighted by Crippen LogP contribution is -2.18. The molecule has 6 rings (SSSR count). The van der Waals surface area contributed by atoms with Gasteiger partial charge in [-0.05, 0) is 80.0 Å². The average molecular weight is 409 g/mol. The highest BCUT2D eigenvalue weighted by Gasteiger charge is 2.25. The predicted molar refractivity (Wildman–Crippen MR) is 120 cm³/mol. The van der Waals surface area contributed by atoms with E-state index in [4.69, 9.17) is 0 Å². The van der Waals surface area contributed by atoms with E-state index in [9.17, 15) is 5.26 Å². The van der Waals surface area contributed by atoms with Crippen molar-refractivity contribution in [2.45, 2.75) is 51.1 Å². The van der Waals surface area contributed by atoms with Gasteiger partial charge in [0, 0.05) is 11.1 Å². The lowest BCUT2D eigenvalue weighted by Gasteiger charge is -2.28. The Morgan fingerprint density at radius 3 is 2.84 bits per heavy atom. The zero-order valence-electron chi connectivity index (χ0n) is 17.5. The van der Waals surface area contributed by atoms with Gasteiger partial charge >= 0.3 is 0 Å². The highest BCUT2D eigenvalue weighted by Crippen LogP contribution is 2.36. The number of fused-ring (bicyclic) bond motifs is 2. The Morgan fingerprint density at radius 2 is 2.00 bits per heavy atom. The number of hydrogen-bond acceptors (Lipinski definition) is 4. The summed E-state index contributed by atoms with van der Waals surface area (Å²) in [5.74, 6) is 0. The topological polar surface area (TPSA) is 71.5 Å². The van der Waals surface area contributed by atoms with Gasteiger partial charge in [-0.1, -0.05) is 6.07 Å². The fourth-order valence-electron chi connectivity index (χ4n) is 4.75. The SMILES string of the molecule is Cc1cc2cnn(-c3cnn(C4CC4)c3)c2cc1N[C@@H]1CCCc2cc(C#N)ccc21. The fourth-order valence-corrected chi connectivity index (χ4v) is 4.75. The Kier molecular flexibility index (Phi) is 4.10. The summed E-state index contributed by atoms with van der Waals surface area (Å²) < 4.78 is 4.05. The highest BCUT2D eigenvalue weighted by molar-refractivity contribution is 5.85. The Labute approximate surface area is 181 Å². The van der Waals surface area contributed by atoms with Crippen molar-refractivity contribution in [1.82, 2.24) is 19.6 Å². The summed E-state index contributed by atoms with van der Waals surface area (Å²) >= 11 is 0. The molecule has 1 saturated carbocycles. The molecule has 0 bridgehead atoms. The molecule has 0 unspecified atom stereocenters. The number of hydrogen-bond donors (Lipinski definition) is 1. The third-order valence-corrected chi connectivity index (χ3v) is 6.58.